The van der Waals surface area contributed by atoms with Crippen molar-refractivity contribution in [3.8, 4) is 0 Å². The average Bonchev–Trinajstić information content (AvgIpc) is 3.08. The summed E-state index contributed by atoms with van der Waals surface area (Å²) in [6.07, 6.45) is 0. The molecule has 0 radical (unpaired) electrons. The molecule has 0 unspecified atom stereocenters. The normalized spacial score (nSPS) is 17.6. The summed E-state index contributed by atoms with van der Waals surface area (Å²) in [6, 6.07) is 6.69. The van der Waals surface area contributed by atoms with Crippen molar-refractivity contribution in [1.82, 2.24) is 4.31 Å². The summed E-state index contributed by atoms with van der Waals surface area (Å²) >= 11 is 1.54. The number of amides is 1. The van der Waals surface area contributed by atoms with Gasteiger partial charge in [-0.05, 0) is 53.1 Å². The third kappa shape index (κ3) is 2.55. The second-order valence-corrected chi connectivity index (χ2v) is 8.18. The lowest BCUT2D eigenvalue weighted by atomic mass is 10.0. The molecule has 1 aliphatic heterocycles. The van der Waals surface area contributed by atoms with E-state index in [9.17, 15) is 13.2 Å². The van der Waals surface area contributed by atoms with Crippen molar-refractivity contribution in [1.29, 1.82) is 0 Å². The van der Waals surface area contributed by atoms with Gasteiger partial charge < -0.3 is 5.32 Å². The van der Waals surface area contributed by atoms with E-state index in [0.717, 1.165) is 11.1 Å². The number of nitrogens with one attached hydrogen (secondary N) is 1. The molecule has 1 amide bonds. The number of carbonyl (C=O) groups excluding carboxylic acids is 1. The standard InChI is InChI=1S/C15H16N2O3S2/c1-10-13-7-12(3-4-14(13)16-15(10)18)22(19,20)17(2)8-11-5-6-21-9-11/h3-7,9-10H,8H2,1-2H3,(H,16,18)/t10-/m1/s1. The SMILES string of the molecule is C[C@H]1C(=O)Nc2ccc(S(=O)(=O)N(C)Cc3ccsc3)cc21. The van der Waals surface area contributed by atoms with Crippen molar-refractivity contribution in [2.75, 3.05) is 12.4 Å². The molecule has 3 rings (SSSR count). The summed E-state index contributed by atoms with van der Waals surface area (Å²) in [4.78, 5) is 11.9. The van der Waals surface area contributed by atoms with Gasteiger partial charge in [-0.25, -0.2) is 8.42 Å². The summed E-state index contributed by atoms with van der Waals surface area (Å²) in [7, 11) is -2.02. The molecule has 1 N–H and O–H groups in total. The van der Waals surface area contributed by atoms with Crippen LogP contribution in [0.4, 0.5) is 5.69 Å². The Hall–Kier alpha value is -1.70. The number of thiophene rings is 1. The first-order valence-corrected chi connectivity index (χ1v) is 9.20. The zero-order chi connectivity index (χ0) is 15.9. The van der Waals surface area contributed by atoms with Gasteiger partial charge in [0.25, 0.3) is 0 Å². The summed E-state index contributed by atoms with van der Waals surface area (Å²) in [6.45, 7) is 2.10. The molecule has 1 aromatic heterocycles. The van der Waals surface area contributed by atoms with Crippen LogP contribution in [-0.4, -0.2) is 25.7 Å². The third-order valence-corrected chi connectivity index (χ3v) is 6.37. The molecular weight excluding hydrogens is 320 g/mol. The Balaban J connectivity index is 1.91. The van der Waals surface area contributed by atoms with E-state index >= 15 is 0 Å². The molecule has 2 aromatic rings. The van der Waals surface area contributed by atoms with Crippen LogP contribution < -0.4 is 5.32 Å². The Kier molecular flexibility index (Phi) is 3.80. The predicted molar refractivity (Wildman–Crippen MR) is 86.5 cm³/mol. The Morgan fingerprint density at radius 1 is 1.32 bits per heavy atom. The number of rotatable bonds is 4. The van der Waals surface area contributed by atoms with E-state index in [2.05, 4.69) is 5.32 Å². The number of carbonyl (C=O) groups is 1. The molecule has 0 bridgehead atoms. The molecule has 7 heteroatoms. The van der Waals surface area contributed by atoms with Gasteiger partial charge in [0.05, 0.1) is 10.8 Å². The highest BCUT2D eigenvalue weighted by molar-refractivity contribution is 7.89. The van der Waals surface area contributed by atoms with Gasteiger partial charge in [0.1, 0.15) is 0 Å². The number of nitrogens with zero attached hydrogens (tertiary/aromatic N) is 1. The summed E-state index contributed by atoms with van der Waals surface area (Å²) < 4.78 is 26.7. The van der Waals surface area contributed by atoms with Crippen LogP contribution in [0.2, 0.25) is 0 Å². The molecule has 0 aliphatic carbocycles. The quantitative estimate of drug-likeness (QED) is 0.933. The van der Waals surface area contributed by atoms with Crippen molar-refractivity contribution in [2.45, 2.75) is 24.3 Å². The molecule has 5 nitrogen and oxygen atoms in total. The highest BCUT2D eigenvalue weighted by Gasteiger charge is 2.29. The molecule has 1 aromatic carbocycles. The first kappa shape index (κ1) is 15.2. The molecule has 1 atom stereocenters. The van der Waals surface area contributed by atoms with Crippen LogP contribution in [0.5, 0.6) is 0 Å². The minimum atomic E-state index is -3.58. The first-order valence-electron chi connectivity index (χ1n) is 6.82. The van der Waals surface area contributed by atoms with Crippen LogP contribution in [0.3, 0.4) is 0 Å². The van der Waals surface area contributed by atoms with Crippen LogP contribution in [0.1, 0.15) is 24.0 Å². The highest BCUT2D eigenvalue weighted by Crippen LogP contribution is 2.34. The van der Waals surface area contributed by atoms with E-state index in [1.54, 1.807) is 26.1 Å². The highest BCUT2D eigenvalue weighted by atomic mass is 32.2. The van der Waals surface area contributed by atoms with Gasteiger partial charge in [-0.15, -0.1) is 0 Å². The maximum absolute atomic E-state index is 12.7. The number of hydrogen-bond donors (Lipinski definition) is 1. The van der Waals surface area contributed by atoms with Gasteiger partial charge in [-0.3, -0.25) is 4.79 Å². The molecule has 0 saturated carbocycles. The Morgan fingerprint density at radius 2 is 2.09 bits per heavy atom. The van der Waals surface area contributed by atoms with Crippen molar-refractivity contribution in [3.05, 3.63) is 46.2 Å². The smallest absolute Gasteiger partial charge is 0.243 e. The summed E-state index contributed by atoms with van der Waals surface area (Å²) in [5.74, 6) is -0.427. The van der Waals surface area contributed by atoms with Crippen molar-refractivity contribution >= 4 is 33.0 Å². The molecule has 2 heterocycles. The second kappa shape index (κ2) is 5.49. The van der Waals surface area contributed by atoms with E-state index in [4.69, 9.17) is 0 Å². The molecule has 116 valence electrons. The van der Waals surface area contributed by atoms with Crippen LogP contribution in [-0.2, 0) is 21.4 Å². The minimum absolute atomic E-state index is 0.101. The molecule has 0 fully saturated rings. The van der Waals surface area contributed by atoms with Crippen LogP contribution >= 0.6 is 11.3 Å². The predicted octanol–water partition coefficient (Wildman–Crippen LogP) is 2.62. The maximum atomic E-state index is 12.7. The minimum Gasteiger partial charge on any atom is -0.325 e. The van der Waals surface area contributed by atoms with E-state index < -0.39 is 10.0 Å². The largest absolute Gasteiger partial charge is 0.325 e. The van der Waals surface area contributed by atoms with E-state index in [0.29, 0.717) is 12.2 Å². The fraction of sp³-hybridized carbons (Fsp3) is 0.267. The molecule has 22 heavy (non-hydrogen) atoms. The number of fused-ring (bicyclic) bond motifs is 1. The van der Waals surface area contributed by atoms with E-state index in [1.165, 1.54) is 21.7 Å². The number of sulfonamides is 1. The van der Waals surface area contributed by atoms with Gasteiger partial charge in [-0.2, -0.15) is 15.6 Å². The Bertz CT molecular complexity index is 813. The van der Waals surface area contributed by atoms with Crippen molar-refractivity contribution in [2.24, 2.45) is 0 Å². The summed E-state index contributed by atoms with van der Waals surface area (Å²) in [5, 5.41) is 6.60. The lowest BCUT2D eigenvalue weighted by Crippen LogP contribution is -2.26. The zero-order valence-electron chi connectivity index (χ0n) is 12.2. The molecule has 0 spiro atoms. The van der Waals surface area contributed by atoms with E-state index in [1.807, 2.05) is 16.8 Å². The lowest BCUT2D eigenvalue weighted by Gasteiger charge is -2.17. The molecule has 1 aliphatic rings. The second-order valence-electron chi connectivity index (χ2n) is 5.35. The van der Waals surface area contributed by atoms with Gasteiger partial charge in [0, 0.05) is 19.3 Å². The van der Waals surface area contributed by atoms with Gasteiger partial charge in [0.15, 0.2) is 0 Å². The number of hydrogen-bond acceptors (Lipinski definition) is 4. The van der Waals surface area contributed by atoms with Gasteiger partial charge in [0.2, 0.25) is 15.9 Å². The topological polar surface area (TPSA) is 66.5 Å². The summed E-state index contributed by atoms with van der Waals surface area (Å²) in [5.41, 5.74) is 2.38. The van der Waals surface area contributed by atoms with E-state index in [-0.39, 0.29) is 16.7 Å². The first-order chi connectivity index (χ1) is 10.4. The Morgan fingerprint density at radius 3 is 2.77 bits per heavy atom. The third-order valence-electron chi connectivity index (χ3n) is 3.83. The molecule has 0 saturated heterocycles. The van der Waals surface area contributed by atoms with Crippen molar-refractivity contribution in [3.63, 3.8) is 0 Å². The zero-order valence-corrected chi connectivity index (χ0v) is 13.9. The van der Waals surface area contributed by atoms with Crippen molar-refractivity contribution < 1.29 is 13.2 Å². The Labute approximate surface area is 133 Å². The van der Waals surface area contributed by atoms with Crippen LogP contribution in [0.25, 0.3) is 0 Å². The lowest BCUT2D eigenvalue weighted by molar-refractivity contribution is -0.116. The maximum Gasteiger partial charge on any atom is 0.243 e. The fourth-order valence-corrected chi connectivity index (χ4v) is 4.31. The van der Waals surface area contributed by atoms with Gasteiger partial charge in [-0.1, -0.05) is 0 Å². The van der Waals surface area contributed by atoms with Gasteiger partial charge >= 0.3 is 0 Å². The number of anilines is 1. The fourth-order valence-electron chi connectivity index (χ4n) is 2.46. The van der Waals surface area contributed by atoms with Crippen LogP contribution in [0, 0.1) is 0 Å². The molecular formula is C15H16N2O3S2. The van der Waals surface area contributed by atoms with Crippen LogP contribution in [0.15, 0.2) is 39.9 Å². The monoisotopic (exact) mass is 336 g/mol. The number of benzene rings is 1. The average molecular weight is 336 g/mol.